The van der Waals surface area contributed by atoms with Crippen LogP contribution in [0, 0.1) is 6.92 Å². The Morgan fingerprint density at radius 2 is 1.90 bits per heavy atom. The second-order valence-electron chi connectivity index (χ2n) is 7.65. The molecule has 0 spiro atoms. The average Bonchev–Trinajstić information content (AvgIpc) is 3.17. The van der Waals surface area contributed by atoms with Crippen molar-refractivity contribution in [3.63, 3.8) is 0 Å². The number of likely N-dealkylation sites (tertiary alicyclic amines) is 1. The topological polar surface area (TPSA) is 52.7 Å². The highest BCUT2D eigenvalue weighted by Gasteiger charge is 2.22. The molecule has 0 saturated carbocycles. The number of ether oxygens (including phenoxy) is 1. The molecule has 160 valence electrons. The van der Waals surface area contributed by atoms with Crippen LogP contribution in [0.5, 0.6) is 5.75 Å². The van der Waals surface area contributed by atoms with Crippen molar-refractivity contribution in [3.05, 3.63) is 65.9 Å². The van der Waals surface area contributed by atoms with Gasteiger partial charge in [0.25, 0.3) is 0 Å². The van der Waals surface area contributed by atoms with Gasteiger partial charge >= 0.3 is 0 Å². The zero-order valence-corrected chi connectivity index (χ0v) is 20.1. The van der Waals surface area contributed by atoms with Gasteiger partial charge in [-0.05, 0) is 42.7 Å². The highest BCUT2D eigenvalue weighted by molar-refractivity contribution is 14.0. The van der Waals surface area contributed by atoms with E-state index in [1.165, 1.54) is 22.0 Å². The number of para-hydroxylation sites is 1. The summed E-state index contributed by atoms with van der Waals surface area (Å²) >= 11 is 0. The fourth-order valence-electron chi connectivity index (χ4n) is 4.17. The summed E-state index contributed by atoms with van der Waals surface area (Å²) in [5, 5.41) is 4.90. The van der Waals surface area contributed by atoms with Gasteiger partial charge in [-0.25, -0.2) is 0 Å². The maximum atomic E-state index is 6.11. The summed E-state index contributed by atoms with van der Waals surface area (Å²) in [5.74, 6) is 1.95. The summed E-state index contributed by atoms with van der Waals surface area (Å²) in [5.41, 5.74) is 3.89. The number of piperidine rings is 1. The maximum absolute atomic E-state index is 6.11. The van der Waals surface area contributed by atoms with Crippen LogP contribution in [0.25, 0.3) is 10.9 Å². The number of hydrogen-bond donors (Lipinski definition) is 2. The molecule has 4 rings (SSSR count). The summed E-state index contributed by atoms with van der Waals surface area (Å²) in [4.78, 5) is 10.2. The largest absolute Gasteiger partial charge is 0.490 e. The minimum atomic E-state index is 0. The number of fused-ring (bicyclic) bond motifs is 1. The molecule has 1 fully saturated rings. The molecular formula is C24H31IN4O. The first-order chi connectivity index (χ1) is 14.2. The van der Waals surface area contributed by atoms with Crippen LogP contribution in [0.3, 0.4) is 0 Å². The molecule has 2 N–H and O–H groups in total. The second kappa shape index (κ2) is 10.7. The maximum Gasteiger partial charge on any atom is 0.193 e. The van der Waals surface area contributed by atoms with Crippen LogP contribution in [0.4, 0.5) is 0 Å². The number of halogens is 1. The van der Waals surface area contributed by atoms with E-state index in [1.807, 2.05) is 37.4 Å². The highest BCUT2D eigenvalue weighted by Crippen LogP contribution is 2.22. The molecule has 5 nitrogen and oxygen atoms in total. The Bertz CT molecular complexity index is 962. The Hall–Kier alpha value is -2.22. The third-order valence-electron chi connectivity index (χ3n) is 5.67. The minimum absolute atomic E-state index is 0. The molecule has 1 saturated heterocycles. The minimum Gasteiger partial charge on any atom is -0.490 e. The lowest BCUT2D eigenvalue weighted by molar-refractivity contribution is 0.129. The number of aryl methyl sites for hydroxylation is 1. The van der Waals surface area contributed by atoms with Crippen molar-refractivity contribution < 1.29 is 4.74 Å². The van der Waals surface area contributed by atoms with Crippen LogP contribution < -0.4 is 10.1 Å². The van der Waals surface area contributed by atoms with E-state index in [0.29, 0.717) is 0 Å². The molecule has 0 radical (unpaired) electrons. The zero-order chi connectivity index (χ0) is 20.1. The number of aliphatic imine (C=N–C) groups is 1. The van der Waals surface area contributed by atoms with Crippen LogP contribution in [-0.2, 0) is 6.42 Å². The van der Waals surface area contributed by atoms with Gasteiger partial charge < -0.3 is 19.9 Å². The first-order valence-corrected chi connectivity index (χ1v) is 10.5. The predicted octanol–water partition coefficient (Wildman–Crippen LogP) is 4.76. The van der Waals surface area contributed by atoms with Crippen molar-refractivity contribution in [3.8, 4) is 5.75 Å². The Kier molecular flexibility index (Phi) is 8.01. The van der Waals surface area contributed by atoms with E-state index in [2.05, 4.69) is 51.5 Å². The number of H-pyrrole nitrogens is 1. The zero-order valence-electron chi connectivity index (χ0n) is 17.7. The highest BCUT2D eigenvalue weighted by atomic mass is 127. The van der Waals surface area contributed by atoms with E-state index in [9.17, 15) is 0 Å². The summed E-state index contributed by atoms with van der Waals surface area (Å²) in [6.45, 7) is 4.97. The molecule has 0 amide bonds. The lowest BCUT2D eigenvalue weighted by Crippen LogP contribution is -2.47. The van der Waals surface area contributed by atoms with Gasteiger partial charge in [-0.3, -0.25) is 4.99 Å². The van der Waals surface area contributed by atoms with Crippen molar-refractivity contribution in [2.24, 2.45) is 4.99 Å². The first kappa shape index (κ1) is 22.5. The van der Waals surface area contributed by atoms with Gasteiger partial charge in [0.2, 0.25) is 0 Å². The van der Waals surface area contributed by atoms with Crippen molar-refractivity contribution in [2.45, 2.75) is 32.3 Å². The fourth-order valence-corrected chi connectivity index (χ4v) is 4.17. The number of guanidine groups is 1. The molecule has 2 aromatic carbocycles. The Labute approximate surface area is 195 Å². The molecule has 3 aromatic rings. The van der Waals surface area contributed by atoms with E-state index in [0.717, 1.165) is 50.6 Å². The van der Waals surface area contributed by atoms with Crippen molar-refractivity contribution in [1.29, 1.82) is 0 Å². The number of nitrogens with one attached hydrogen (secondary N) is 2. The number of nitrogens with zero attached hydrogens (tertiary/aromatic N) is 2. The van der Waals surface area contributed by atoms with Crippen molar-refractivity contribution >= 4 is 40.8 Å². The Morgan fingerprint density at radius 3 is 2.63 bits per heavy atom. The SMILES string of the molecule is CN=C(NCCc1c[nH]c2cccc(C)c12)N1CCC(Oc2ccccc2)CC1.I. The monoisotopic (exact) mass is 518 g/mol. The van der Waals surface area contributed by atoms with Gasteiger partial charge in [0, 0.05) is 56.6 Å². The van der Waals surface area contributed by atoms with Crippen LogP contribution in [0.15, 0.2) is 59.7 Å². The summed E-state index contributed by atoms with van der Waals surface area (Å²) in [6, 6.07) is 16.5. The van der Waals surface area contributed by atoms with E-state index in [1.54, 1.807) is 0 Å². The Morgan fingerprint density at radius 1 is 1.13 bits per heavy atom. The van der Waals surface area contributed by atoms with E-state index in [4.69, 9.17) is 4.74 Å². The molecule has 30 heavy (non-hydrogen) atoms. The molecule has 1 aliphatic heterocycles. The lowest BCUT2D eigenvalue weighted by Gasteiger charge is -2.34. The Balaban J connectivity index is 0.00000256. The summed E-state index contributed by atoms with van der Waals surface area (Å²) < 4.78 is 6.11. The normalized spacial score (nSPS) is 15.1. The van der Waals surface area contributed by atoms with Crippen LogP contribution in [0.2, 0.25) is 0 Å². The number of hydrogen-bond acceptors (Lipinski definition) is 2. The average molecular weight is 518 g/mol. The predicted molar refractivity (Wildman–Crippen MR) is 135 cm³/mol. The van der Waals surface area contributed by atoms with Gasteiger partial charge in [0.1, 0.15) is 11.9 Å². The molecule has 0 atom stereocenters. The molecule has 0 aliphatic carbocycles. The molecule has 6 heteroatoms. The third-order valence-corrected chi connectivity index (χ3v) is 5.67. The standard InChI is InChI=1S/C24H30N4O.HI/c1-18-7-6-10-22-23(18)19(17-27-22)11-14-26-24(25-2)28-15-12-21(13-16-28)29-20-8-4-3-5-9-20;/h3-10,17,21,27H,11-16H2,1-2H3,(H,25,26);1H. The van der Waals surface area contributed by atoms with Gasteiger partial charge in [-0.15, -0.1) is 24.0 Å². The van der Waals surface area contributed by atoms with Gasteiger partial charge in [0.15, 0.2) is 5.96 Å². The molecule has 1 aliphatic rings. The summed E-state index contributed by atoms with van der Waals surface area (Å²) in [7, 11) is 1.87. The first-order valence-electron chi connectivity index (χ1n) is 10.5. The van der Waals surface area contributed by atoms with E-state index >= 15 is 0 Å². The molecular weight excluding hydrogens is 487 g/mol. The number of aromatic amines is 1. The van der Waals surface area contributed by atoms with Gasteiger partial charge in [-0.2, -0.15) is 0 Å². The van der Waals surface area contributed by atoms with E-state index in [-0.39, 0.29) is 30.1 Å². The quantitative estimate of drug-likeness (QED) is 0.291. The number of benzene rings is 2. The lowest BCUT2D eigenvalue weighted by atomic mass is 10.1. The molecule has 2 heterocycles. The van der Waals surface area contributed by atoms with Gasteiger partial charge in [0.05, 0.1) is 0 Å². The van der Waals surface area contributed by atoms with Gasteiger partial charge in [-0.1, -0.05) is 30.3 Å². The number of rotatable bonds is 5. The van der Waals surface area contributed by atoms with Crippen LogP contribution in [-0.4, -0.2) is 48.6 Å². The number of aromatic nitrogens is 1. The third kappa shape index (κ3) is 5.28. The molecule has 0 unspecified atom stereocenters. The second-order valence-corrected chi connectivity index (χ2v) is 7.65. The van der Waals surface area contributed by atoms with Crippen LogP contribution in [0.1, 0.15) is 24.0 Å². The fraction of sp³-hybridized carbons (Fsp3) is 0.375. The van der Waals surface area contributed by atoms with Crippen molar-refractivity contribution in [1.82, 2.24) is 15.2 Å². The van der Waals surface area contributed by atoms with E-state index < -0.39 is 0 Å². The van der Waals surface area contributed by atoms with Crippen molar-refractivity contribution in [2.75, 3.05) is 26.7 Å². The van der Waals surface area contributed by atoms with Crippen LogP contribution >= 0.6 is 24.0 Å². The summed E-state index contributed by atoms with van der Waals surface area (Å²) in [6.07, 6.45) is 5.40. The molecule has 0 bridgehead atoms. The smallest absolute Gasteiger partial charge is 0.193 e. The molecule has 1 aromatic heterocycles.